The third-order valence-corrected chi connectivity index (χ3v) is 6.26. The van der Waals surface area contributed by atoms with E-state index in [9.17, 15) is 5.11 Å². The first-order valence-corrected chi connectivity index (χ1v) is 10.7. The number of fused-ring (bicyclic) bond motifs is 2. The maximum absolute atomic E-state index is 10.4. The highest BCUT2D eigenvalue weighted by molar-refractivity contribution is 6.41. The van der Waals surface area contributed by atoms with Crippen LogP contribution in [-0.4, -0.2) is 24.6 Å². The van der Waals surface area contributed by atoms with Crippen molar-refractivity contribution in [2.75, 3.05) is 0 Å². The van der Waals surface area contributed by atoms with Gasteiger partial charge in [-0.25, -0.2) is 9.97 Å². The van der Waals surface area contributed by atoms with Crippen LogP contribution in [0.25, 0.3) is 27.6 Å². The molecule has 2 aromatic carbocycles. The number of nitrogens with one attached hydrogen (secondary N) is 1. The van der Waals surface area contributed by atoms with E-state index in [1.807, 2.05) is 42.7 Å². The molecular weight excluding hydrogens is 471 g/mol. The van der Waals surface area contributed by atoms with E-state index in [4.69, 9.17) is 34.8 Å². The third-order valence-electron chi connectivity index (χ3n) is 5.39. The van der Waals surface area contributed by atoms with Gasteiger partial charge in [0.1, 0.15) is 6.33 Å². The number of rotatable bonds is 3. The number of halogens is 3. The summed E-state index contributed by atoms with van der Waals surface area (Å²) in [4.78, 5) is 11.6. The van der Waals surface area contributed by atoms with Crippen molar-refractivity contribution in [2.45, 2.75) is 13.8 Å². The molecule has 10 heteroatoms. The molecule has 0 spiro atoms. The fourth-order valence-corrected chi connectivity index (χ4v) is 4.42. The van der Waals surface area contributed by atoms with Gasteiger partial charge in [0.25, 0.3) is 0 Å². The minimum atomic E-state index is -0.187. The van der Waals surface area contributed by atoms with E-state index in [-0.39, 0.29) is 11.6 Å². The van der Waals surface area contributed by atoms with E-state index in [0.717, 1.165) is 22.3 Å². The molecule has 2 N–H and O–H groups in total. The van der Waals surface area contributed by atoms with Crippen molar-refractivity contribution in [1.82, 2.24) is 19.5 Å². The summed E-state index contributed by atoms with van der Waals surface area (Å²) in [6, 6.07) is 10.8. The lowest BCUT2D eigenvalue weighted by atomic mass is 10.2. The average molecular weight is 486 g/mol. The van der Waals surface area contributed by atoms with Crippen molar-refractivity contribution < 1.29 is 5.11 Å². The van der Waals surface area contributed by atoms with E-state index in [2.05, 4.69) is 25.2 Å². The van der Waals surface area contributed by atoms with Gasteiger partial charge in [0.05, 0.1) is 26.3 Å². The minimum Gasteiger partial charge on any atom is -0.493 e. The predicted octanol–water partition coefficient (Wildman–Crippen LogP) is 7.60. The van der Waals surface area contributed by atoms with Crippen molar-refractivity contribution >= 4 is 68.2 Å². The number of aryl methyl sites for hydroxylation is 1. The largest absolute Gasteiger partial charge is 0.493 e. The van der Waals surface area contributed by atoms with Gasteiger partial charge in [0.15, 0.2) is 17.2 Å². The van der Waals surface area contributed by atoms with E-state index in [1.54, 1.807) is 12.1 Å². The highest BCUT2D eigenvalue weighted by Gasteiger charge is 2.19. The third kappa shape index (κ3) is 3.21. The fraction of sp³-hybridized carbons (Fsp3) is 0.0909. The lowest BCUT2D eigenvalue weighted by molar-refractivity contribution is 0.459. The summed E-state index contributed by atoms with van der Waals surface area (Å²) in [5.41, 5.74) is 4.16. The Labute approximate surface area is 197 Å². The van der Waals surface area contributed by atoms with Crippen molar-refractivity contribution in [3.05, 3.63) is 69.1 Å². The van der Waals surface area contributed by atoms with Crippen LogP contribution < -0.4 is 0 Å². The summed E-state index contributed by atoms with van der Waals surface area (Å²) in [6.07, 6.45) is 1.43. The second-order valence-electron chi connectivity index (χ2n) is 7.22. The molecule has 0 amide bonds. The summed E-state index contributed by atoms with van der Waals surface area (Å²) in [7, 11) is 0. The maximum Gasteiger partial charge on any atom is 0.218 e. The Bertz CT molecular complexity index is 1550. The first kappa shape index (κ1) is 20.8. The number of nitrogens with zero attached hydrogens (tertiary/aromatic N) is 5. The van der Waals surface area contributed by atoms with Gasteiger partial charge in [-0.15, -0.1) is 10.2 Å². The van der Waals surface area contributed by atoms with Gasteiger partial charge in [-0.3, -0.25) is 4.57 Å². The topological polar surface area (TPSA) is 91.4 Å². The van der Waals surface area contributed by atoms with Gasteiger partial charge in [0, 0.05) is 16.4 Å². The molecule has 32 heavy (non-hydrogen) atoms. The molecule has 0 aliphatic heterocycles. The molecule has 3 aromatic heterocycles. The van der Waals surface area contributed by atoms with E-state index in [0.29, 0.717) is 37.4 Å². The van der Waals surface area contributed by atoms with E-state index in [1.165, 1.54) is 6.33 Å². The Morgan fingerprint density at radius 2 is 1.75 bits per heavy atom. The summed E-state index contributed by atoms with van der Waals surface area (Å²) < 4.78 is 2.00. The van der Waals surface area contributed by atoms with Crippen LogP contribution in [0.5, 0.6) is 5.88 Å². The zero-order valence-corrected chi connectivity index (χ0v) is 19.1. The molecule has 0 unspecified atom stereocenters. The van der Waals surface area contributed by atoms with E-state index >= 15 is 0 Å². The van der Waals surface area contributed by atoms with Crippen LogP contribution in [-0.2, 0) is 0 Å². The van der Waals surface area contributed by atoms with Gasteiger partial charge >= 0.3 is 0 Å². The van der Waals surface area contributed by atoms with Crippen LogP contribution in [0.4, 0.5) is 11.5 Å². The van der Waals surface area contributed by atoms with Gasteiger partial charge in [-0.1, -0.05) is 40.9 Å². The van der Waals surface area contributed by atoms with Gasteiger partial charge in [-0.2, -0.15) is 0 Å². The number of hydrogen-bond acceptors (Lipinski definition) is 5. The fourth-order valence-electron chi connectivity index (χ4n) is 3.78. The molecule has 0 aliphatic rings. The summed E-state index contributed by atoms with van der Waals surface area (Å²) in [6.45, 7) is 3.97. The Morgan fingerprint density at radius 3 is 2.53 bits per heavy atom. The lowest BCUT2D eigenvalue weighted by Crippen LogP contribution is -1.98. The molecular formula is C22H15Cl3N6O. The second-order valence-corrected chi connectivity index (χ2v) is 8.47. The normalized spacial score (nSPS) is 11.9. The lowest BCUT2D eigenvalue weighted by Gasteiger charge is -2.08. The van der Waals surface area contributed by atoms with Crippen molar-refractivity contribution in [3.63, 3.8) is 0 Å². The van der Waals surface area contributed by atoms with Gasteiger partial charge < -0.3 is 10.1 Å². The molecule has 0 saturated carbocycles. The highest BCUT2D eigenvalue weighted by Crippen LogP contribution is 2.43. The molecule has 0 radical (unpaired) electrons. The van der Waals surface area contributed by atoms with Crippen LogP contribution in [0.3, 0.4) is 0 Å². The number of azo groups is 1. The molecule has 0 saturated heterocycles. The zero-order chi connectivity index (χ0) is 22.6. The van der Waals surface area contributed by atoms with Gasteiger partial charge in [-0.05, 0) is 49.7 Å². The highest BCUT2D eigenvalue weighted by atomic mass is 35.5. The zero-order valence-electron chi connectivity index (χ0n) is 16.9. The smallest absolute Gasteiger partial charge is 0.218 e. The first-order valence-electron chi connectivity index (χ1n) is 9.55. The molecule has 0 bridgehead atoms. The second kappa shape index (κ2) is 7.78. The van der Waals surface area contributed by atoms with Crippen molar-refractivity contribution in [2.24, 2.45) is 10.2 Å². The molecule has 0 fully saturated rings. The number of aromatic nitrogens is 4. The molecule has 7 nitrogen and oxygen atoms in total. The Hall–Kier alpha value is -3.13. The van der Waals surface area contributed by atoms with Crippen LogP contribution in [0, 0.1) is 13.8 Å². The standard InChI is InChI=1S/C22H15Cl3N6O/c1-10-11(2)31(13-5-3-4-12(23)8-13)21-16(10)20(26-9-27-21)30-29-19-17-14(24)6-7-15(25)18(17)28-22(19)32/h3-9,28,32H,1-2H3. The molecule has 5 aromatic rings. The molecule has 0 atom stereocenters. The summed E-state index contributed by atoms with van der Waals surface area (Å²) >= 11 is 18.7. The van der Waals surface area contributed by atoms with Crippen molar-refractivity contribution in [3.8, 4) is 11.6 Å². The molecule has 5 rings (SSSR count). The number of hydrogen-bond donors (Lipinski definition) is 2. The molecule has 160 valence electrons. The molecule has 0 aliphatic carbocycles. The Balaban J connectivity index is 1.70. The predicted molar refractivity (Wildman–Crippen MR) is 128 cm³/mol. The summed E-state index contributed by atoms with van der Waals surface area (Å²) in [5.74, 6) is 0.178. The average Bonchev–Trinajstić information content (AvgIpc) is 3.24. The van der Waals surface area contributed by atoms with Crippen molar-refractivity contribution in [1.29, 1.82) is 0 Å². The quantitative estimate of drug-likeness (QED) is 0.258. The number of benzene rings is 2. The minimum absolute atomic E-state index is 0.183. The number of aromatic amines is 1. The SMILES string of the molecule is Cc1c(C)n(-c2cccc(Cl)c2)c2ncnc(N=Nc3c(O)[nH]c4c(Cl)ccc(Cl)c34)c12. The van der Waals surface area contributed by atoms with Crippen LogP contribution in [0.1, 0.15) is 11.3 Å². The van der Waals surface area contributed by atoms with E-state index < -0.39 is 0 Å². The first-order chi connectivity index (χ1) is 15.4. The van der Waals surface area contributed by atoms with Crippen LogP contribution in [0.15, 0.2) is 53.0 Å². The van der Waals surface area contributed by atoms with Gasteiger partial charge in [0.2, 0.25) is 5.88 Å². The Kier molecular flexibility index (Phi) is 5.04. The summed E-state index contributed by atoms with van der Waals surface area (Å²) in [5, 5.41) is 21.6. The Morgan fingerprint density at radius 1 is 0.969 bits per heavy atom. The van der Waals surface area contributed by atoms with Crippen LogP contribution in [0.2, 0.25) is 15.1 Å². The van der Waals surface area contributed by atoms with Crippen LogP contribution >= 0.6 is 34.8 Å². The number of H-pyrrole nitrogens is 1. The maximum atomic E-state index is 10.4. The monoisotopic (exact) mass is 484 g/mol. The molecule has 3 heterocycles. The number of aromatic hydroxyl groups is 1.